The molecule has 0 N–H and O–H groups in total. The maximum atomic E-state index is 6.42. The van der Waals surface area contributed by atoms with Crippen LogP contribution in [0, 0.1) is 29.9 Å². The smallest absolute Gasteiger partial charge is 0.120 e. The molecule has 3 nitrogen and oxygen atoms in total. The molecule has 46 heavy (non-hydrogen) atoms. The van der Waals surface area contributed by atoms with Crippen molar-refractivity contribution in [3.05, 3.63) is 115 Å². The number of aromatic nitrogens is 2. The molecule has 1 radical (unpaired) electrons. The number of hydrogen-bond donors (Lipinski definition) is 0. The average molecular weight is 801 g/mol. The van der Waals surface area contributed by atoms with Crippen LogP contribution in [0.5, 0.6) is 0 Å². The summed E-state index contributed by atoms with van der Waals surface area (Å²) in [5.41, 5.74) is 8.97. The molecule has 1 fully saturated rings. The Morgan fingerprint density at radius 2 is 1.54 bits per heavy atom. The van der Waals surface area contributed by atoms with Crippen LogP contribution in [0.1, 0.15) is 57.6 Å². The predicted molar refractivity (Wildman–Crippen MR) is 192 cm³/mol. The summed E-state index contributed by atoms with van der Waals surface area (Å²) >= 11 is 0. The third kappa shape index (κ3) is 6.69. The molecule has 7 rings (SSSR count). The van der Waals surface area contributed by atoms with E-state index in [1.54, 1.807) is 0 Å². The Labute approximate surface area is 289 Å². The third-order valence-electron chi connectivity index (χ3n) is 9.51. The maximum absolute atomic E-state index is 6.42. The van der Waals surface area contributed by atoms with Crippen LogP contribution < -0.4 is 5.19 Å². The summed E-state index contributed by atoms with van der Waals surface area (Å²) in [4.78, 5) is 9.24. The van der Waals surface area contributed by atoms with Crippen molar-refractivity contribution in [2.75, 3.05) is 0 Å². The quantitative estimate of drug-likeness (QED) is 0.132. The molecule has 239 valence electrons. The zero-order chi connectivity index (χ0) is 32.0. The van der Waals surface area contributed by atoms with Gasteiger partial charge in [0.2, 0.25) is 0 Å². The molecule has 3 aromatic heterocycles. The molecular formula is C41H44IrN2OSi-2. The molecule has 6 aromatic rings. The van der Waals surface area contributed by atoms with E-state index < -0.39 is 8.07 Å². The summed E-state index contributed by atoms with van der Waals surface area (Å²) in [7, 11) is -1.57. The van der Waals surface area contributed by atoms with Crippen LogP contribution >= 0.6 is 0 Å². The van der Waals surface area contributed by atoms with Gasteiger partial charge in [-0.2, -0.15) is 0 Å². The van der Waals surface area contributed by atoms with Crippen LogP contribution in [-0.2, 0) is 20.1 Å². The van der Waals surface area contributed by atoms with Crippen LogP contribution in [0.2, 0.25) is 19.6 Å². The van der Waals surface area contributed by atoms with E-state index in [1.807, 2.05) is 42.6 Å². The van der Waals surface area contributed by atoms with Gasteiger partial charge in [0.1, 0.15) is 5.58 Å². The molecule has 1 aliphatic carbocycles. The zero-order valence-corrected chi connectivity index (χ0v) is 31.7. The Morgan fingerprint density at radius 1 is 0.826 bits per heavy atom. The van der Waals surface area contributed by atoms with Crippen molar-refractivity contribution in [3.8, 4) is 22.5 Å². The van der Waals surface area contributed by atoms with Gasteiger partial charge in [0, 0.05) is 46.0 Å². The largest absolute Gasteiger partial charge is 0.501 e. The number of fused-ring (bicyclic) bond motifs is 3. The van der Waals surface area contributed by atoms with Gasteiger partial charge in [0.25, 0.3) is 0 Å². The van der Waals surface area contributed by atoms with E-state index in [0.717, 1.165) is 33.7 Å². The van der Waals surface area contributed by atoms with Crippen molar-refractivity contribution in [2.24, 2.45) is 10.8 Å². The molecule has 0 bridgehead atoms. The summed E-state index contributed by atoms with van der Waals surface area (Å²) in [6, 6.07) is 33.7. The topological polar surface area (TPSA) is 38.9 Å². The van der Waals surface area contributed by atoms with Crippen molar-refractivity contribution in [1.82, 2.24) is 9.97 Å². The van der Waals surface area contributed by atoms with E-state index >= 15 is 0 Å². The van der Waals surface area contributed by atoms with Gasteiger partial charge in [-0.1, -0.05) is 100 Å². The van der Waals surface area contributed by atoms with Gasteiger partial charge in [-0.15, -0.1) is 53.2 Å². The van der Waals surface area contributed by atoms with Crippen LogP contribution in [-0.4, -0.2) is 18.0 Å². The molecule has 0 aliphatic heterocycles. The molecule has 0 amide bonds. The van der Waals surface area contributed by atoms with Gasteiger partial charge in [-0.05, 0) is 65.6 Å². The fourth-order valence-electron chi connectivity index (χ4n) is 7.41. The van der Waals surface area contributed by atoms with Crippen molar-refractivity contribution >= 4 is 35.2 Å². The number of para-hydroxylation sites is 1. The normalized spacial score (nSPS) is 15.7. The Kier molecular flexibility index (Phi) is 9.62. The summed E-state index contributed by atoms with van der Waals surface area (Å²) < 4.78 is 6.42. The van der Waals surface area contributed by atoms with Gasteiger partial charge in [0.05, 0.1) is 5.58 Å². The Morgan fingerprint density at radius 3 is 2.17 bits per heavy atom. The van der Waals surface area contributed by atoms with E-state index in [2.05, 4.69) is 120 Å². The molecule has 3 aromatic carbocycles. The molecule has 0 atom stereocenters. The predicted octanol–water partition coefficient (Wildman–Crippen LogP) is 10.8. The van der Waals surface area contributed by atoms with Gasteiger partial charge in [0.15, 0.2) is 0 Å². The molecule has 0 unspecified atom stereocenters. The first kappa shape index (κ1) is 34.0. The molecular weight excluding hydrogens is 757 g/mol. The van der Waals surface area contributed by atoms with E-state index in [-0.39, 0.29) is 20.1 Å². The first-order valence-corrected chi connectivity index (χ1v) is 19.6. The van der Waals surface area contributed by atoms with Crippen LogP contribution in [0.25, 0.3) is 44.5 Å². The van der Waals surface area contributed by atoms with E-state index in [9.17, 15) is 0 Å². The van der Waals surface area contributed by atoms with Crippen molar-refractivity contribution < 1.29 is 24.5 Å². The molecule has 0 spiro atoms. The fraction of sp³-hybridized carbons (Fsp3) is 0.317. The standard InChI is InChI=1S/C29H34NOSi.C12H10N.Ir/c1-28(2)16-17-29(3,4)27(28)19-12-14-22(30-18-19)20-13-15-24(32(5,6)7)25-21-10-8-9-11-23(21)31-26(20)25;1-10-7-8-13-12(9-10)11-5-3-2-4-6-11;/h8-12,14-15,18,27H,16-17H2,1-7H3;2-5,7-9H,1H3;/q2*-1;. The maximum Gasteiger partial charge on any atom is 0.120 e. The number of furan rings is 1. The molecule has 5 heteroatoms. The number of aryl methyl sites for hydroxylation is 1. The van der Waals surface area contributed by atoms with E-state index in [0.29, 0.717) is 16.7 Å². The minimum Gasteiger partial charge on any atom is -0.501 e. The summed E-state index contributed by atoms with van der Waals surface area (Å²) in [6.07, 6.45) is 6.45. The van der Waals surface area contributed by atoms with Gasteiger partial charge in [-0.3, -0.25) is 0 Å². The number of nitrogens with zero attached hydrogens (tertiary/aromatic N) is 2. The van der Waals surface area contributed by atoms with E-state index in [4.69, 9.17) is 9.40 Å². The van der Waals surface area contributed by atoms with Crippen LogP contribution in [0.4, 0.5) is 0 Å². The minimum atomic E-state index is -1.57. The SMILES string of the molecule is CC1(C)CCC(C)(C)C1c1ccc(-c2[c-]cc([Si](C)(C)C)c3c2oc2ccccc23)nc1.Cc1ccnc(-c2[c-]cccc2)c1.[Ir]. The Hall–Kier alpha value is -3.37. The zero-order valence-electron chi connectivity index (χ0n) is 28.3. The fourth-order valence-corrected chi connectivity index (χ4v) is 8.91. The Bertz CT molecular complexity index is 1940. The van der Waals surface area contributed by atoms with Crippen LogP contribution in [0.3, 0.4) is 0 Å². The first-order chi connectivity index (χ1) is 21.3. The summed E-state index contributed by atoms with van der Waals surface area (Å²) in [5.74, 6) is 0.515. The minimum absolute atomic E-state index is 0. The first-order valence-electron chi connectivity index (χ1n) is 16.1. The molecule has 3 heterocycles. The van der Waals surface area contributed by atoms with E-state index in [1.165, 1.54) is 39.9 Å². The van der Waals surface area contributed by atoms with Gasteiger partial charge >= 0.3 is 0 Å². The Balaban J connectivity index is 0.000000250. The molecule has 1 aliphatic rings. The van der Waals surface area contributed by atoms with Crippen molar-refractivity contribution in [2.45, 2.75) is 73.0 Å². The summed E-state index contributed by atoms with van der Waals surface area (Å²) in [5, 5.41) is 3.84. The number of hydrogen-bond acceptors (Lipinski definition) is 3. The molecule has 1 saturated carbocycles. The van der Waals surface area contributed by atoms with Crippen molar-refractivity contribution in [1.29, 1.82) is 0 Å². The number of benzene rings is 3. The monoisotopic (exact) mass is 801 g/mol. The van der Waals surface area contributed by atoms with Crippen molar-refractivity contribution in [3.63, 3.8) is 0 Å². The number of rotatable bonds is 4. The average Bonchev–Trinajstić information content (AvgIpc) is 3.50. The second-order valence-electron chi connectivity index (χ2n) is 15.0. The van der Waals surface area contributed by atoms with Gasteiger partial charge in [-0.25, -0.2) is 0 Å². The van der Waals surface area contributed by atoms with Gasteiger partial charge < -0.3 is 14.4 Å². The molecule has 0 saturated heterocycles. The summed E-state index contributed by atoms with van der Waals surface area (Å²) in [6.45, 7) is 18.8. The number of pyridine rings is 2. The second-order valence-corrected chi connectivity index (χ2v) is 20.0. The van der Waals surface area contributed by atoms with Crippen LogP contribution in [0.15, 0.2) is 95.7 Å². The second kappa shape index (κ2) is 13.0. The third-order valence-corrected chi connectivity index (χ3v) is 11.5.